The van der Waals surface area contributed by atoms with Gasteiger partial charge in [0.25, 0.3) is 5.69 Å². The highest BCUT2D eigenvalue weighted by Gasteiger charge is 2.44. The first-order valence-corrected chi connectivity index (χ1v) is 12.4. The number of aromatic nitrogens is 2. The number of hydrogen-bond acceptors (Lipinski definition) is 8. The van der Waals surface area contributed by atoms with Crippen LogP contribution in [0.3, 0.4) is 0 Å². The number of rotatable bonds is 11. The van der Waals surface area contributed by atoms with E-state index in [1.165, 1.54) is 13.2 Å². The number of carbonyl (C=O) groups is 2. The van der Waals surface area contributed by atoms with Gasteiger partial charge in [-0.15, -0.1) is 0 Å². The Labute approximate surface area is 216 Å². The predicted octanol–water partition coefficient (Wildman–Crippen LogP) is 4.83. The Balaban J connectivity index is 1.70. The van der Waals surface area contributed by atoms with Crippen LogP contribution in [-0.4, -0.2) is 46.1 Å². The van der Waals surface area contributed by atoms with E-state index in [0.717, 1.165) is 37.2 Å². The minimum Gasteiger partial charge on any atom is -0.468 e. The van der Waals surface area contributed by atoms with Gasteiger partial charge in [0.15, 0.2) is 0 Å². The maximum atomic E-state index is 13.3. The van der Waals surface area contributed by atoms with Crippen molar-refractivity contribution in [1.82, 2.24) is 9.78 Å². The molecule has 198 valence electrons. The molecule has 0 fully saturated rings. The number of unbranched alkanes of at least 4 members (excludes halogenated alkanes) is 3. The summed E-state index contributed by atoms with van der Waals surface area (Å²) in [5.74, 6) is -3.18. The van der Waals surface area contributed by atoms with Crippen LogP contribution in [0, 0.1) is 29.9 Å². The summed E-state index contributed by atoms with van der Waals surface area (Å²) in [6, 6.07) is 8.15. The second-order valence-electron chi connectivity index (χ2n) is 9.25. The van der Waals surface area contributed by atoms with Crippen LogP contribution in [0.1, 0.15) is 62.4 Å². The standard InChI is InChI=1S/C27H34N4O6/c1-17-16-18(2)30(29-17)14-10-6-7-11-15-37-27(33)24-20(4)28-19(3)23(26(32)36-5)25(24)21-12-8-9-13-22(21)31(34)35/h8-9,12-13,16,23,25H,6-7,10-11,14-15H2,1-5H3. The molecule has 0 spiro atoms. The van der Waals surface area contributed by atoms with E-state index in [9.17, 15) is 19.7 Å². The van der Waals surface area contributed by atoms with Crippen molar-refractivity contribution in [1.29, 1.82) is 0 Å². The van der Waals surface area contributed by atoms with Gasteiger partial charge in [0.05, 0.1) is 29.9 Å². The SMILES string of the molecule is COC(=O)C1C(C)=NC(C)=C(C(=O)OCCCCCCn2nc(C)cc2C)C1c1ccccc1[N+](=O)[O-]. The van der Waals surface area contributed by atoms with Crippen molar-refractivity contribution in [3.05, 3.63) is 68.7 Å². The fourth-order valence-electron chi connectivity index (χ4n) is 4.85. The summed E-state index contributed by atoms with van der Waals surface area (Å²) in [6.07, 6.45) is 3.48. The Hall–Kier alpha value is -3.82. The first kappa shape index (κ1) is 27.8. The number of para-hydroxylation sites is 1. The number of allylic oxidation sites excluding steroid dienone is 1. The van der Waals surface area contributed by atoms with Crippen LogP contribution in [-0.2, 0) is 25.6 Å². The van der Waals surface area contributed by atoms with Gasteiger partial charge in [-0.25, -0.2) is 4.79 Å². The molecule has 0 saturated carbocycles. The fourth-order valence-corrected chi connectivity index (χ4v) is 4.85. The number of benzene rings is 1. The molecule has 37 heavy (non-hydrogen) atoms. The number of carbonyl (C=O) groups excluding carboxylic acids is 2. The number of aryl methyl sites for hydroxylation is 3. The molecule has 2 unspecified atom stereocenters. The Morgan fingerprint density at radius 2 is 1.78 bits per heavy atom. The maximum absolute atomic E-state index is 13.3. The smallest absolute Gasteiger partial charge is 0.336 e. The third-order valence-corrected chi connectivity index (χ3v) is 6.57. The van der Waals surface area contributed by atoms with E-state index >= 15 is 0 Å². The van der Waals surface area contributed by atoms with E-state index in [1.807, 2.05) is 18.5 Å². The molecule has 10 heteroatoms. The Morgan fingerprint density at radius 1 is 1.08 bits per heavy atom. The molecule has 0 aliphatic carbocycles. The van der Waals surface area contributed by atoms with Crippen LogP contribution in [0.2, 0.25) is 0 Å². The lowest BCUT2D eigenvalue weighted by Crippen LogP contribution is -2.36. The molecule has 1 aliphatic heterocycles. The van der Waals surface area contributed by atoms with Gasteiger partial charge in [-0.1, -0.05) is 24.6 Å². The zero-order chi connectivity index (χ0) is 27.1. The summed E-state index contributed by atoms with van der Waals surface area (Å²) in [5.41, 5.74) is 3.13. The van der Waals surface area contributed by atoms with Crippen LogP contribution >= 0.6 is 0 Å². The Kier molecular flexibility index (Phi) is 9.32. The van der Waals surface area contributed by atoms with Crippen molar-refractivity contribution >= 4 is 23.3 Å². The summed E-state index contributed by atoms with van der Waals surface area (Å²) >= 11 is 0. The summed E-state index contributed by atoms with van der Waals surface area (Å²) in [6.45, 7) is 8.35. The predicted molar refractivity (Wildman–Crippen MR) is 138 cm³/mol. The highest BCUT2D eigenvalue weighted by molar-refractivity contribution is 6.07. The third kappa shape index (κ3) is 6.49. The van der Waals surface area contributed by atoms with Gasteiger partial charge in [0.2, 0.25) is 0 Å². The summed E-state index contributed by atoms with van der Waals surface area (Å²) in [4.78, 5) is 41.7. The molecule has 2 aromatic rings. The molecule has 2 heterocycles. The number of hydrogen-bond donors (Lipinski definition) is 0. The number of ether oxygens (including phenoxy) is 2. The lowest BCUT2D eigenvalue weighted by molar-refractivity contribution is -0.385. The minimum absolute atomic E-state index is 0.139. The molecule has 0 saturated heterocycles. The van der Waals surface area contributed by atoms with E-state index in [-0.39, 0.29) is 23.4 Å². The second kappa shape index (κ2) is 12.4. The normalized spacial score (nSPS) is 17.4. The van der Waals surface area contributed by atoms with Crippen molar-refractivity contribution in [3.8, 4) is 0 Å². The summed E-state index contributed by atoms with van der Waals surface area (Å²) in [7, 11) is 1.24. The van der Waals surface area contributed by atoms with Crippen molar-refractivity contribution in [2.75, 3.05) is 13.7 Å². The van der Waals surface area contributed by atoms with Crippen LogP contribution in [0.4, 0.5) is 5.69 Å². The average molecular weight is 511 g/mol. The lowest BCUT2D eigenvalue weighted by atomic mass is 9.75. The minimum atomic E-state index is -0.980. The van der Waals surface area contributed by atoms with E-state index in [1.54, 1.807) is 32.0 Å². The number of nitrogens with zero attached hydrogens (tertiary/aromatic N) is 4. The third-order valence-electron chi connectivity index (χ3n) is 6.57. The molecule has 0 radical (unpaired) electrons. The largest absolute Gasteiger partial charge is 0.468 e. The quantitative estimate of drug-likeness (QED) is 0.183. The molecule has 1 aromatic heterocycles. The van der Waals surface area contributed by atoms with E-state index in [4.69, 9.17) is 9.47 Å². The first-order valence-electron chi connectivity index (χ1n) is 12.4. The van der Waals surface area contributed by atoms with Gasteiger partial charge in [-0.3, -0.25) is 24.6 Å². The Morgan fingerprint density at radius 3 is 2.43 bits per heavy atom. The highest BCUT2D eigenvalue weighted by atomic mass is 16.6. The zero-order valence-corrected chi connectivity index (χ0v) is 22.0. The maximum Gasteiger partial charge on any atom is 0.336 e. The van der Waals surface area contributed by atoms with E-state index < -0.39 is 28.7 Å². The lowest BCUT2D eigenvalue weighted by Gasteiger charge is -2.31. The van der Waals surface area contributed by atoms with Crippen molar-refractivity contribution in [3.63, 3.8) is 0 Å². The van der Waals surface area contributed by atoms with Gasteiger partial charge < -0.3 is 9.47 Å². The van der Waals surface area contributed by atoms with Gasteiger partial charge in [-0.05, 0) is 53.0 Å². The Bertz CT molecular complexity index is 1230. The van der Waals surface area contributed by atoms with Gasteiger partial charge in [-0.2, -0.15) is 5.10 Å². The van der Waals surface area contributed by atoms with Crippen LogP contribution < -0.4 is 0 Å². The highest BCUT2D eigenvalue weighted by Crippen LogP contribution is 2.43. The molecule has 0 bridgehead atoms. The zero-order valence-electron chi connectivity index (χ0n) is 22.0. The van der Waals surface area contributed by atoms with Gasteiger partial charge >= 0.3 is 11.9 Å². The van der Waals surface area contributed by atoms with E-state index in [0.29, 0.717) is 17.8 Å². The van der Waals surface area contributed by atoms with Crippen molar-refractivity contribution in [2.45, 2.75) is 65.8 Å². The number of aliphatic imine (C=N–C) groups is 1. The van der Waals surface area contributed by atoms with Gasteiger partial charge in [0.1, 0.15) is 5.92 Å². The van der Waals surface area contributed by atoms with Gasteiger partial charge in [0, 0.05) is 41.2 Å². The number of methoxy groups -OCH3 is 1. The average Bonchev–Trinajstić information content (AvgIpc) is 3.18. The van der Waals surface area contributed by atoms with E-state index in [2.05, 4.69) is 16.2 Å². The fraction of sp³-hybridized carbons (Fsp3) is 0.481. The van der Waals surface area contributed by atoms with Crippen molar-refractivity contribution in [2.24, 2.45) is 10.9 Å². The number of nitro groups is 1. The number of nitro benzene ring substituents is 1. The first-order chi connectivity index (χ1) is 17.6. The van der Waals surface area contributed by atoms with Crippen LogP contribution in [0.25, 0.3) is 0 Å². The monoisotopic (exact) mass is 510 g/mol. The molecule has 1 aliphatic rings. The molecule has 2 atom stereocenters. The molecule has 1 aromatic carbocycles. The van der Waals surface area contributed by atoms with Crippen LogP contribution in [0.5, 0.6) is 0 Å². The molecule has 3 rings (SSSR count). The molecule has 0 amide bonds. The summed E-state index contributed by atoms with van der Waals surface area (Å²) in [5, 5.41) is 16.2. The molecule has 0 N–H and O–H groups in total. The van der Waals surface area contributed by atoms with Crippen molar-refractivity contribution < 1.29 is 24.0 Å². The molecular formula is C27H34N4O6. The second-order valence-corrected chi connectivity index (χ2v) is 9.25. The van der Waals surface area contributed by atoms with Crippen LogP contribution in [0.15, 0.2) is 46.6 Å². The summed E-state index contributed by atoms with van der Waals surface area (Å²) < 4.78 is 12.6. The topological polar surface area (TPSA) is 126 Å². The molecule has 10 nitrogen and oxygen atoms in total. The number of esters is 2. The molecular weight excluding hydrogens is 476 g/mol.